The molecule has 1 amide bonds. The van der Waals surface area contributed by atoms with Crippen LogP contribution in [0.5, 0.6) is 11.5 Å². The first kappa shape index (κ1) is 21.0. The number of nitrogens with zero attached hydrogens (tertiary/aromatic N) is 2. The van der Waals surface area contributed by atoms with E-state index in [0.29, 0.717) is 22.8 Å². The number of hydrogen-bond acceptors (Lipinski definition) is 7. The molecule has 0 saturated heterocycles. The van der Waals surface area contributed by atoms with Crippen LogP contribution in [-0.4, -0.2) is 43.4 Å². The van der Waals surface area contributed by atoms with Gasteiger partial charge in [-0.1, -0.05) is 24.3 Å². The maximum absolute atomic E-state index is 12.9. The number of thioether (sulfide) groups is 1. The Morgan fingerprint density at radius 3 is 2.73 bits per heavy atom. The quantitative estimate of drug-likeness (QED) is 0.556. The van der Waals surface area contributed by atoms with Gasteiger partial charge in [0.15, 0.2) is 26.1 Å². The van der Waals surface area contributed by atoms with E-state index in [9.17, 15) is 13.2 Å². The highest BCUT2D eigenvalue weighted by Crippen LogP contribution is 2.37. The SMILES string of the molecule is CCS(=O)(=O)c1cccc(C(=O)N=c2sc3cc4c(cc3n2CCSC)OCO4)c1. The van der Waals surface area contributed by atoms with Crippen LogP contribution < -0.4 is 14.3 Å². The molecule has 2 heterocycles. The van der Waals surface area contributed by atoms with E-state index >= 15 is 0 Å². The third-order valence-corrected chi connectivity index (χ3v) is 8.08. The minimum Gasteiger partial charge on any atom is -0.454 e. The molecule has 4 rings (SSSR count). The van der Waals surface area contributed by atoms with Crippen molar-refractivity contribution in [3.8, 4) is 11.5 Å². The number of amides is 1. The van der Waals surface area contributed by atoms with Gasteiger partial charge in [-0.2, -0.15) is 16.8 Å². The van der Waals surface area contributed by atoms with Crippen molar-refractivity contribution in [3.63, 3.8) is 0 Å². The van der Waals surface area contributed by atoms with Crippen LogP contribution in [0.2, 0.25) is 0 Å². The van der Waals surface area contributed by atoms with Gasteiger partial charge in [-0.05, 0) is 24.5 Å². The molecule has 0 saturated carbocycles. The maximum Gasteiger partial charge on any atom is 0.279 e. The lowest BCUT2D eigenvalue weighted by atomic mass is 10.2. The van der Waals surface area contributed by atoms with Crippen LogP contribution >= 0.6 is 23.1 Å². The molecule has 0 radical (unpaired) electrons. The number of benzene rings is 2. The van der Waals surface area contributed by atoms with Gasteiger partial charge >= 0.3 is 0 Å². The molecule has 10 heteroatoms. The molecule has 2 aromatic carbocycles. The normalized spacial score (nSPS) is 13.9. The molecule has 1 aliphatic heterocycles. The lowest BCUT2D eigenvalue weighted by Crippen LogP contribution is -2.18. The van der Waals surface area contributed by atoms with Crippen LogP contribution in [-0.2, 0) is 16.4 Å². The lowest BCUT2D eigenvalue weighted by Gasteiger charge is -2.05. The molecule has 0 bridgehead atoms. The molecule has 0 fully saturated rings. The van der Waals surface area contributed by atoms with E-state index in [1.165, 1.54) is 23.5 Å². The minimum atomic E-state index is -3.40. The summed E-state index contributed by atoms with van der Waals surface area (Å²) in [5.41, 5.74) is 1.17. The zero-order valence-electron chi connectivity index (χ0n) is 16.5. The Bertz CT molecular complexity index is 1290. The number of fused-ring (bicyclic) bond motifs is 2. The van der Waals surface area contributed by atoms with Crippen LogP contribution in [0, 0.1) is 0 Å². The van der Waals surface area contributed by atoms with Crippen molar-refractivity contribution in [1.29, 1.82) is 0 Å². The summed E-state index contributed by atoms with van der Waals surface area (Å²) < 4.78 is 38.2. The third-order valence-electron chi connectivity index (χ3n) is 4.71. The molecule has 0 unspecified atom stereocenters. The minimum absolute atomic E-state index is 0.0262. The van der Waals surface area contributed by atoms with Crippen LogP contribution in [0.3, 0.4) is 0 Å². The third kappa shape index (κ3) is 3.99. The predicted molar refractivity (Wildman–Crippen MR) is 118 cm³/mol. The number of ether oxygens (including phenoxy) is 2. The van der Waals surface area contributed by atoms with E-state index in [1.54, 1.807) is 30.8 Å². The number of sulfone groups is 1. The summed E-state index contributed by atoms with van der Waals surface area (Å²) in [6, 6.07) is 9.84. The molecule has 0 N–H and O–H groups in total. The first-order valence-electron chi connectivity index (χ1n) is 9.26. The van der Waals surface area contributed by atoms with E-state index in [2.05, 4.69) is 4.99 Å². The summed E-state index contributed by atoms with van der Waals surface area (Å²) in [4.78, 5) is 17.9. The van der Waals surface area contributed by atoms with Gasteiger partial charge in [0.25, 0.3) is 5.91 Å². The smallest absolute Gasteiger partial charge is 0.279 e. The summed E-state index contributed by atoms with van der Waals surface area (Å²) in [5, 5.41) is 0. The Hall–Kier alpha value is -2.30. The van der Waals surface area contributed by atoms with E-state index in [0.717, 1.165) is 16.0 Å². The van der Waals surface area contributed by atoms with Gasteiger partial charge in [0, 0.05) is 30.0 Å². The van der Waals surface area contributed by atoms with Gasteiger partial charge in [0.2, 0.25) is 6.79 Å². The average Bonchev–Trinajstić information content (AvgIpc) is 3.33. The van der Waals surface area contributed by atoms with Crippen molar-refractivity contribution in [3.05, 3.63) is 46.8 Å². The largest absolute Gasteiger partial charge is 0.454 e. The highest BCUT2D eigenvalue weighted by Gasteiger charge is 2.19. The van der Waals surface area contributed by atoms with Crippen LogP contribution in [0.25, 0.3) is 10.2 Å². The van der Waals surface area contributed by atoms with E-state index in [1.807, 2.05) is 23.0 Å². The molecule has 1 aliphatic rings. The van der Waals surface area contributed by atoms with E-state index < -0.39 is 15.7 Å². The van der Waals surface area contributed by atoms with Gasteiger partial charge in [-0.25, -0.2) is 8.42 Å². The Kier molecular flexibility index (Phi) is 5.90. The molecule has 30 heavy (non-hydrogen) atoms. The summed E-state index contributed by atoms with van der Waals surface area (Å²) in [5.74, 6) is 1.70. The lowest BCUT2D eigenvalue weighted by molar-refractivity contribution is 0.0997. The Balaban J connectivity index is 1.80. The fraction of sp³-hybridized carbons (Fsp3) is 0.300. The number of aryl methyl sites for hydroxylation is 1. The van der Waals surface area contributed by atoms with Crippen LogP contribution in [0.15, 0.2) is 46.3 Å². The molecule has 0 atom stereocenters. The molecule has 158 valence electrons. The highest BCUT2D eigenvalue weighted by atomic mass is 32.2. The summed E-state index contributed by atoms with van der Waals surface area (Å²) >= 11 is 3.09. The van der Waals surface area contributed by atoms with E-state index in [4.69, 9.17) is 9.47 Å². The van der Waals surface area contributed by atoms with Crippen molar-refractivity contribution >= 4 is 49.1 Å². The second kappa shape index (κ2) is 8.44. The molecule has 7 nitrogen and oxygen atoms in total. The molecule has 1 aromatic heterocycles. The zero-order valence-corrected chi connectivity index (χ0v) is 18.9. The van der Waals surface area contributed by atoms with Crippen molar-refractivity contribution in [2.75, 3.05) is 24.6 Å². The Morgan fingerprint density at radius 1 is 1.23 bits per heavy atom. The second-order valence-electron chi connectivity index (χ2n) is 6.55. The predicted octanol–water partition coefficient (Wildman–Crippen LogP) is 3.33. The fourth-order valence-corrected chi connectivity index (χ4v) is 5.44. The molecule has 0 aliphatic carbocycles. The number of aromatic nitrogens is 1. The van der Waals surface area contributed by atoms with Crippen LogP contribution in [0.4, 0.5) is 0 Å². The van der Waals surface area contributed by atoms with Gasteiger partial charge in [-0.15, -0.1) is 0 Å². The first-order chi connectivity index (χ1) is 14.4. The summed E-state index contributed by atoms with van der Waals surface area (Å²) in [6.45, 7) is 2.45. The summed E-state index contributed by atoms with van der Waals surface area (Å²) in [7, 11) is -3.40. The van der Waals surface area contributed by atoms with Crippen molar-refractivity contribution in [2.45, 2.75) is 18.4 Å². The van der Waals surface area contributed by atoms with Crippen molar-refractivity contribution in [1.82, 2.24) is 4.57 Å². The number of carbonyl (C=O) groups is 1. The maximum atomic E-state index is 12.9. The van der Waals surface area contributed by atoms with Gasteiger partial charge < -0.3 is 14.0 Å². The Labute approximate surface area is 182 Å². The van der Waals surface area contributed by atoms with Crippen LogP contribution in [0.1, 0.15) is 17.3 Å². The van der Waals surface area contributed by atoms with E-state index in [-0.39, 0.29) is 23.0 Å². The van der Waals surface area contributed by atoms with Gasteiger partial charge in [0.1, 0.15) is 0 Å². The fourth-order valence-electron chi connectivity index (χ4n) is 3.08. The summed E-state index contributed by atoms with van der Waals surface area (Å²) in [6.07, 6.45) is 2.02. The topological polar surface area (TPSA) is 87.0 Å². The first-order valence-corrected chi connectivity index (χ1v) is 13.1. The zero-order chi connectivity index (χ0) is 21.3. The van der Waals surface area contributed by atoms with Crippen molar-refractivity contribution < 1.29 is 22.7 Å². The number of rotatable bonds is 6. The Morgan fingerprint density at radius 2 is 2.00 bits per heavy atom. The number of carbonyl (C=O) groups excluding carboxylic acids is 1. The number of thiazole rings is 1. The monoisotopic (exact) mass is 464 g/mol. The highest BCUT2D eigenvalue weighted by molar-refractivity contribution is 7.98. The standard InChI is InChI=1S/C20H20N2O5S3/c1-3-30(24,25)14-6-4-5-13(9-14)19(23)21-20-22(7-8-28-2)15-10-16-17(27-12-26-16)11-18(15)29-20/h4-6,9-11H,3,7-8,12H2,1-2H3. The molecule has 0 spiro atoms. The second-order valence-corrected chi connectivity index (χ2v) is 10.8. The molecular weight excluding hydrogens is 444 g/mol. The molecular formula is C20H20N2O5S3. The average molecular weight is 465 g/mol. The number of hydrogen-bond donors (Lipinski definition) is 0. The van der Waals surface area contributed by atoms with Gasteiger partial charge in [0.05, 0.1) is 20.9 Å². The molecule has 3 aromatic rings. The van der Waals surface area contributed by atoms with Gasteiger partial charge in [-0.3, -0.25) is 4.79 Å². The van der Waals surface area contributed by atoms with Crippen molar-refractivity contribution in [2.24, 2.45) is 4.99 Å².